The van der Waals surface area contributed by atoms with Gasteiger partial charge in [-0.15, -0.1) is 0 Å². The Morgan fingerprint density at radius 3 is 2.43 bits per heavy atom. The Labute approximate surface area is 202 Å². The molecule has 156 valence electrons. The predicted octanol–water partition coefficient (Wildman–Crippen LogP) is 5.27. The topological polar surface area (TPSA) is 80.3 Å². The Balaban J connectivity index is 1.82. The van der Waals surface area contributed by atoms with Gasteiger partial charge in [0.1, 0.15) is 0 Å². The van der Waals surface area contributed by atoms with Crippen molar-refractivity contribution >= 4 is 78.5 Å². The SMILES string of the molecule is O=C1NC(=O)C(CCCC#Cc2cc(Cl)ccc2Cl)(S(=O)(=O)c2ccc(I)cc2)S1. The zero-order valence-corrected chi connectivity index (χ0v) is 20.5. The standard InChI is InChI=1S/C20H14Cl2INO4S2/c21-14-5-10-17(22)13(12-14)4-2-1-3-11-20(18(25)24-19(26)29-20)30(27,28)16-8-6-15(23)7-9-16/h5-10,12H,1,3,11H2,(H,24,25,26). The largest absolute Gasteiger partial charge is 0.287 e. The Hall–Kier alpha value is -1.25. The van der Waals surface area contributed by atoms with Gasteiger partial charge in [-0.25, -0.2) is 8.42 Å². The first-order valence-electron chi connectivity index (χ1n) is 8.64. The quantitative estimate of drug-likeness (QED) is 0.290. The number of hydrogen-bond acceptors (Lipinski definition) is 5. The van der Waals surface area contributed by atoms with Crippen LogP contribution in [0.25, 0.3) is 0 Å². The van der Waals surface area contributed by atoms with Crippen molar-refractivity contribution in [1.82, 2.24) is 5.32 Å². The number of halogens is 3. The maximum absolute atomic E-state index is 13.3. The molecule has 2 amide bonds. The highest BCUT2D eigenvalue weighted by Crippen LogP contribution is 2.44. The van der Waals surface area contributed by atoms with Crippen LogP contribution >= 0.6 is 57.6 Å². The van der Waals surface area contributed by atoms with Crippen LogP contribution in [0.1, 0.15) is 24.8 Å². The van der Waals surface area contributed by atoms with Crippen molar-refractivity contribution in [2.45, 2.75) is 28.2 Å². The van der Waals surface area contributed by atoms with Gasteiger partial charge in [0.15, 0.2) is 0 Å². The van der Waals surface area contributed by atoms with Gasteiger partial charge < -0.3 is 0 Å². The summed E-state index contributed by atoms with van der Waals surface area (Å²) in [6, 6.07) is 11.1. The van der Waals surface area contributed by atoms with Gasteiger partial charge in [-0.05, 0) is 89.7 Å². The normalized spacial score (nSPS) is 18.6. The fraction of sp³-hybridized carbons (Fsp3) is 0.200. The van der Waals surface area contributed by atoms with Gasteiger partial charge in [-0.2, -0.15) is 0 Å². The lowest BCUT2D eigenvalue weighted by Gasteiger charge is -2.24. The van der Waals surface area contributed by atoms with Crippen LogP contribution in [-0.4, -0.2) is 23.6 Å². The average molecular weight is 594 g/mol. The van der Waals surface area contributed by atoms with E-state index in [4.69, 9.17) is 23.2 Å². The van der Waals surface area contributed by atoms with E-state index in [1.165, 1.54) is 12.1 Å². The molecule has 0 aromatic heterocycles. The van der Waals surface area contributed by atoms with E-state index in [9.17, 15) is 18.0 Å². The van der Waals surface area contributed by atoms with Gasteiger partial charge in [0, 0.05) is 20.6 Å². The first-order valence-corrected chi connectivity index (χ1v) is 12.8. The van der Waals surface area contributed by atoms with Crippen LogP contribution in [0.15, 0.2) is 47.4 Å². The number of thioether (sulfide) groups is 1. The zero-order chi connectivity index (χ0) is 21.9. The van der Waals surface area contributed by atoms with Gasteiger partial charge in [0.25, 0.3) is 11.1 Å². The Morgan fingerprint density at radius 1 is 1.10 bits per heavy atom. The summed E-state index contributed by atoms with van der Waals surface area (Å²) >= 11 is 14.6. The molecule has 30 heavy (non-hydrogen) atoms. The number of amides is 2. The number of rotatable bonds is 5. The van der Waals surface area contributed by atoms with Crippen molar-refractivity contribution in [2.75, 3.05) is 0 Å². The Kier molecular flexibility index (Phi) is 7.40. The summed E-state index contributed by atoms with van der Waals surface area (Å²) in [7, 11) is -4.11. The van der Waals surface area contributed by atoms with E-state index < -0.39 is 25.1 Å². The molecular weight excluding hydrogens is 580 g/mol. The number of sulfone groups is 1. The minimum absolute atomic E-state index is 0.00272. The molecule has 1 saturated heterocycles. The maximum atomic E-state index is 13.3. The Bertz CT molecular complexity index is 1170. The summed E-state index contributed by atoms with van der Waals surface area (Å²) in [6.07, 6.45) is 0.554. The van der Waals surface area contributed by atoms with Gasteiger partial charge in [-0.1, -0.05) is 35.0 Å². The summed E-state index contributed by atoms with van der Waals surface area (Å²) < 4.78 is 25.5. The molecule has 2 aromatic carbocycles. The number of hydrogen-bond donors (Lipinski definition) is 1. The van der Waals surface area contributed by atoms with E-state index in [0.717, 1.165) is 3.57 Å². The fourth-order valence-corrected chi connectivity index (χ4v) is 6.92. The number of nitrogens with one attached hydrogen (secondary N) is 1. The summed E-state index contributed by atoms with van der Waals surface area (Å²) in [5, 5.41) is 2.40. The number of benzene rings is 2. The average Bonchev–Trinajstić information content (AvgIpc) is 2.99. The zero-order valence-electron chi connectivity index (χ0n) is 15.2. The minimum atomic E-state index is -4.11. The van der Waals surface area contributed by atoms with Crippen molar-refractivity contribution in [3.8, 4) is 11.8 Å². The molecule has 1 heterocycles. The number of imide groups is 1. The second-order valence-electron chi connectivity index (χ2n) is 6.33. The van der Waals surface area contributed by atoms with E-state index in [-0.39, 0.29) is 11.3 Å². The smallest absolute Gasteiger partial charge is 0.285 e. The molecule has 3 rings (SSSR count). The molecule has 0 bridgehead atoms. The third-order valence-electron chi connectivity index (χ3n) is 4.34. The van der Waals surface area contributed by atoms with Crippen LogP contribution in [0.5, 0.6) is 0 Å². The van der Waals surface area contributed by atoms with Crippen LogP contribution in [0.2, 0.25) is 10.0 Å². The third kappa shape index (κ3) is 4.81. The van der Waals surface area contributed by atoms with Crippen LogP contribution in [0.3, 0.4) is 0 Å². The number of unbranched alkanes of at least 4 members (excludes halogenated alkanes) is 1. The molecule has 1 aliphatic heterocycles. The lowest BCUT2D eigenvalue weighted by atomic mass is 10.1. The van der Waals surface area contributed by atoms with Gasteiger partial charge >= 0.3 is 0 Å². The molecule has 0 aliphatic carbocycles. The highest BCUT2D eigenvalue weighted by molar-refractivity contribution is 14.1. The van der Waals surface area contributed by atoms with Crippen LogP contribution in [0.4, 0.5) is 4.79 Å². The fourth-order valence-electron chi connectivity index (χ4n) is 2.85. The molecule has 0 radical (unpaired) electrons. The van der Waals surface area contributed by atoms with Crippen LogP contribution in [-0.2, 0) is 14.6 Å². The molecule has 1 N–H and O–H groups in total. The van der Waals surface area contributed by atoms with E-state index >= 15 is 0 Å². The lowest BCUT2D eigenvalue weighted by Crippen LogP contribution is -2.43. The summed E-state index contributed by atoms with van der Waals surface area (Å²) in [5.41, 5.74) is 0.563. The van der Waals surface area contributed by atoms with Crippen molar-refractivity contribution < 1.29 is 18.0 Å². The molecular formula is C20H14Cl2INO4S2. The van der Waals surface area contributed by atoms with E-state index in [0.29, 0.717) is 40.2 Å². The van der Waals surface area contributed by atoms with E-state index in [2.05, 4.69) is 39.7 Å². The van der Waals surface area contributed by atoms with Crippen molar-refractivity contribution in [3.05, 3.63) is 61.6 Å². The summed E-state index contributed by atoms with van der Waals surface area (Å²) in [5.74, 6) is 5.00. The number of carbonyl (C=O) groups is 2. The summed E-state index contributed by atoms with van der Waals surface area (Å²) in [4.78, 5) is 24.4. The molecule has 0 spiro atoms. The highest BCUT2D eigenvalue weighted by Gasteiger charge is 2.57. The molecule has 5 nitrogen and oxygen atoms in total. The maximum Gasteiger partial charge on any atom is 0.287 e. The highest BCUT2D eigenvalue weighted by atomic mass is 127. The van der Waals surface area contributed by atoms with Gasteiger partial charge in [-0.3, -0.25) is 14.9 Å². The molecule has 1 atom stereocenters. The van der Waals surface area contributed by atoms with E-state index in [1.54, 1.807) is 30.3 Å². The molecule has 1 unspecified atom stereocenters. The van der Waals surface area contributed by atoms with Crippen LogP contribution in [0, 0.1) is 15.4 Å². The minimum Gasteiger partial charge on any atom is -0.285 e. The first kappa shape index (κ1) is 23.4. The molecule has 0 saturated carbocycles. The Morgan fingerprint density at radius 2 is 1.80 bits per heavy atom. The lowest BCUT2D eigenvalue weighted by molar-refractivity contribution is -0.120. The van der Waals surface area contributed by atoms with Crippen molar-refractivity contribution in [1.29, 1.82) is 0 Å². The van der Waals surface area contributed by atoms with Crippen LogP contribution < -0.4 is 5.32 Å². The predicted molar refractivity (Wildman–Crippen MR) is 127 cm³/mol. The molecule has 1 aliphatic rings. The van der Waals surface area contributed by atoms with E-state index in [1.807, 2.05) is 0 Å². The molecule has 2 aromatic rings. The second-order valence-corrected chi connectivity index (χ2v) is 12.1. The number of carbonyl (C=O) groups excluding carboxylic acids is 2. The first-order chi connectivity index (χ1) is 14.2. The van der Waals surface area contributed by atoms with Gasteiger partial charge in [0.2, 0.25) is 13.9 Å². The second kappa shape index (κ2) is 9.49. The van der Waals surface area contributed by atoms with Gasteiger partial charge in [0.05, 0.1) is 9.92 Å². The van der Waals surface area contributed by atoms with Crippen molar-refractivity contribution in [2.24, 2.45) is 0 Å². The monoisotopic (exact) mass is 593 g/mol. The van der Waals surface area contributed by atoms with Crippen molar-refractivity contribution in [3.63, 3.8) is 0 Å². The third-order valence-corrected chi connectivity index (χ3v) is 9.69. The summed E-state index contributed by atoms with van der Waals surface area (Å²) in [6.45, 7) is 0. The molecule has 1 fully saturated rings. The molecule has 10 heteroatoms.